The quantitative estimate of drug-likeness (QED) is 0.0316. The smallest absolute Gasteiger partial charge is 0.104 e. The van der Waals surface area contributed by atoms with Crippen molar-refractivity contribution in [3.8, 4) is 0 Å². The van der Waals surface area contributed by atoms with Crippen molar-refractivity contribution in [2.75, 3.05) is 238 Å². The highest BCUT2D eigenvalue weighted by Gasteiger charge is 2.35. The highest BCUT2D eigenvalue weighted by Crippen LogP contribution is 2.29. The van der Waals surface area contributed by atoms with Crippen molar-refractivity contribution >= 4 is 0 Å². The molecule has 0 saturated heterocycles. The van der Waals surface area contributed by atoms with Gasteiger partial charge in [0.25, 0.3) is 0 Å². The Kier molecular flexibility index (Phi) is 62.9. The third-order valence-electron chi connectivity index (χ3n) is 14.5. The summed E-state index contributed by atoms with van der Waals surface area (Å²) in [6.07, 6.45) is 9.09. The maximum atomic E-state index is 6.69. The van der Waals surface area contributed by atoms with E-state index in [0.717, 1.165) is 64.2 Å². The standard InChI is InChI=1S/C66H134O22/c1-13-25-67-33-38-72-49-63(21-9,50-73-39-34-68-26-14-2)54-77-45-61(46-78-55-64(22-10,51-74-40-35-69-27-15-3)52-75-41-36-70-28-16-4)81-43-44-82-62(48-80-57-66(24-12,59-87-84-31-19-7)60-88-85-32-20-8)47-79-56-65(23-11,58-86-83-30-18-6)53-76-42-37-71-29-17-5/h61-62H,13-60H2,1-12H3. The second-order valence-corrected chi connectivity index (χ2v) is 23.0. The largest absolute Gasteiger partial charge is 0.379 e. The third kappa shape index (κ3) is 47.9. The van der Waals surface area contributed by atoms with E-state index in [1.54, 1.807) is 0 Å². The Bertz CT molecular complexity index is 1300. The van der Waals surface area contributed by atoms with Crippen LogP contribution in [-0.2, 0) is 105 Å². The van der Waals surface area contributed by atoms with Gasteiger partial charge >= 0.3 is 0 Å². The van der Waals surface area contributed by atoms with Crippen molar-refractivity contribution in [1.82, 2.24) is 0 Å². The zero-order valence-electron chi connectivity index (χ0n) is 58.1. The van der Waals surface area contributed by atoms with E-state index >= 15 is 0 Å². The summed E-state index contributed by atoms with van der Waals surface area (Å²) in [7, 11) is 0. The molecule has 530 valence electrons. The zero-order chi connectivity index (χ0) is 64.7. The van der Waals surface area contributed by atoms with Crippen molar-refractivity contribution in [3.05, 3.63) is 0 Å². The Morgan fingerprint density at radius 1 is 0.182 bits per heavy atom. The molecule has 22 nitrogen and oxygen atoms in total. The van der Waals surface area contributed by atoms with Crippen LogP contribution in [0.3, 0.4) is 0 Å². The predicted octanol–water partition coefficient (Wildman–Crippen LogP) is 10.7. The Labute approximate surface area is 535 Å². The molecular formula is C66H134O22. The van der Waals surface area contributed by atoms with Gasteiger partial charge in [-0.25, -0.2) is 29.3 Å². The maximum absolute atomic E-state index is 6.69. The Hall–Kier alpha value is -0.880. The molecule has 0 bridgehead atoms. The van der Waals surface area contributed by atoms with E-state index in [4.69, 9.17) is 105 Å². The zero-order valence-corrected chi connectivity index (χ0v) is 58.1. The van der Waals surface area contributed by atoms with Gasteiger partial charge in [0.2, 0.25) is 0 Å². The fourth-order valence-corrected chi connectivity index (χ4v) is 8.26. The SMILES string of the molecule is CCCOCCOCC(CC)(COCCOCCC)COCC(COCC(CC)(COCCOCCC)COCCOCCC)OCCOC(COCC(CC)(COCCOCCC)COOCCC)COCC(CC)(COOCCC)COOCCC. The lowest BCUT2D eigenvalue weighted by atomic mass is 9.88. The van der Waals surface area contributed by atoms with Gasteiger partial charge in [-0.2, -0.15) is 0 Å². The van der Waals surface area contributed by atoms with Gasteiger partial charge in [0.05, 0.1) is 205 Å². The maximum Gasteiger partial charge on any atom is 0.104 e. The molecule has 0 aliphatic heterocycles. The minimum atomic E-state index is -0.575. The monoisotopic (exact) mass is 1280 g/mol. The first kappa shape index (κ1) is 87.1. The topological polar surface area (TPSA) is 203 Å². The third-order valence-corrected chi connectivity index (χ3v) is 14.5. The molecule has 0 fully saturated rings. The molecule has 0 heterocycles. The normalized spacial score (nSPS) is 13.6. The van der Waals surface area contributed by atoms with E-state index in [9.17, 15) is 0 Å². The first-order valence-electron chi connectivity index (χ1n) is 34.1. The van der Waals surface area contributed by atoms with Crippen molar-refractivity contribution < 1.29 is 105 Å². The Morgan fingerprint density at radius 2 is 0.375 bits per heavy atom. The van der Waals surface area contributed by atoms with E-state index in [0.29, 0.717) is 185 Å². The number of hydrogen-bond donors (Lipinski definition) is 0. The summed E-state index contributed by atoms with van der Waals surface area (Å²) in [5.41, 5.74) is -1.97. The average Bonchev–Trinajstić information content (AvgIpc) is 3.75. The van der Waals surface area contributed by atoms with Gasteiger partial charge < -0.3 is 75.8 Å². The van der Waals surface area contributed by atoms with Crippen molar-refractivity contribution in [2.45, 2.75) is 172 Å². The number of rotatable bonds is 75. The second-order valence-electron chi connectivity index (χ2n) is 23.0. The molecule has 88 heavy (non-hydrogen) atoms. The van der Waals surface area contributed by atoms with Crippen molar-refractivity contribution in [3.63, 3.8) is 0 Å². The van der Waals surface area contributed by atoms with Crippen LogP contribution >= 0.6 is 0 Å². The van der Waals surface area contributed by atoms with Crippen LogP contribution in [0.1, 0.15) is 160 Å². The molecule has 0 saturated carbocycles. The van der Waals surface area contributed by atoms with E-state index in [1.807, 2.05) is 20.8 Å². The molecular weight excluding hydrogens is 1140 g/mol. The molecule has 2 atom stereocenters. The summed E-state index contributed by atoms with van der Waals surface area (Å²) in [5.74, 6) is 0. The number of ether oxygens (including phenoxy) is 16. The minimum absolute atomic E-state index is 0.195. The molecule has 2 unspecified atom stereocenters. The van der Waals surface area contributed by atoms with E-state index in [1.165, 1.54) is 0 Å². The summed E-state index contributed by atoms with van der Waals surface area (Å²) in [6.45, 7) is 40.3. The van der Waals surface area contributed by atoms with Gasteiger partial charge in [0.1, 0.15) is 12.2 Å². The lowest BCUT2D eigenvalue weighted by molar-refractivity contribution is -0.345. The van der Waals surface area contributed by atoms with Crippen LogP contribution in [0.2, 0.25) is 0 Å². The van der Waals surface area contributed by atoms with Gasteiger partial charge in [-0.1, -0.05) is 83.1 Å². The van der Waals surface area contributed by atoms with Gasteiger partial charge in [-0.05, 0) is 77.0 Å². The molecule has 0 aromatic carbocycles. The van der Waals surface area contributed by atoms with Crippen LogP contribution in [0.15, 0.2) is 0 Å². The highest BCUT2D eigenvalue weighted by atomic mass is 17.2. The van der Waals surface area contributed by atoms with Crippen LogP contribution < -0.4 is 0 Å². The van der Waals surface area contributed by atoms with Gasteiger partial charge in [0, 0.05) is 54.7 Å². The second kappa shape index (κ2) is 63.5. The molecule has 0 rings (SSSR count). The Balaban J connectivity index is 6.89. The molecule has 0 aliphatic carbocycles. The minimum Gasteiger partial charge on any atom is -0.379 e. The van der Waals surface area contributed by atoms with Gasteiger partial charge in [0.15, 0.2) is 0 Å². The molecule has 0 N–H and O–H groups in total. The van der Waals surface area contributed by atoms with E-state index in [2.05, 4.69) is 62.3 Å². The summed E-state index contributed by atoms with van der Waals surface area (Å²) in [5, 5.41) is 0. The predicted molar refractivity (Wildman–Crippen MR) is 340 cm³/mol. The van der Waals surface area contributed by atoms with Gasteiger partial charge in [-0.15, -0.1) is 0 Å². The van der Waals surface area contributed by atoms with Crippen molar-refractivity contribution in [1.29, 1.82) is 0 Å². The van der Waals surface area contributed by atoms with Crippen LogP contribution in [0.25, 0.3) is 0 Å². The lowest BCUT2D eigenvalue weighted by Gasteiger charge is -2.34. The molecule has 0 spiro atoms. The van der Waals surface area contributed by atoms with E-state index < -0.39 is 33.9 Å². The Morgan fingerprint density at radius 3 is 0.591 bits per heavy atom. The summed E-state index contributed by atoms with van der Waals surface area (Å²) < 4.78 is 99.6. The van der Waals surface area contributed by atoms with Crippen LogP contribution in [0.4, 0.5) is 0 Å². The molecule has 0 amide bonds. The number of hydrogen-bond acceptors (Lipinski definition) is 22. The average molecular weight is 1280 g/mol. The summed E-state index contributed by atoms with van der Waals surface area (Å²) in [4.78, 5) is 33.7. The molecule has 0 aliphatic rings. The molecule has 0 aromatic heterocycles. The van der Waals surface area contributed by atoms with Crippen molar-refractivity contribution in [2.24, 2.45) is 21.7 Å². The van der Waals surface area contributed by atoms with Gasteiger partial charge in [-0.3, -0.25) is 0 Å². The first-order chi connectivity index (χ1) is 43.1. The summed E-state index contributed by atoms with van der Waals surface area (Å²) in [6, 6.07) is 0. The van der Waals surface area contributed by atoms with Crippen LogP contribution in [0.5, 0.6) is 0 Å². The summed E-state index contributed by atoms with van der Waals surface area (Å²) >= 11 is 0. The fraction of sp³-hybridized carbons (Fsp3) is 1.00. The highest BCUT2D eigenvalue weighted by molar-refractivity contribution is 4.81. The van der Waals surface area contributed by atoms with Crippen LogP contribution in [0, 0.1) is 21.7 Å². The fourth-order valence-electron chi connectivity index (χ4n) is 8.26. The van der Waals surface area contributed by atoms with Crippen LogP contribution in [-0.4, -0.2) is 250 Å². The molecule has 0 aromatic rings. The van der Waals surface area contributed by atoms with E-state index in [-0.39, 0.29) is 66.1 Å². The first-order valence-corrected chi connectivity index (χ1v) is 34.1. The molecule has 0 radical (unpaired) electrons. The molecule has 22 heteroatoms. The lowest BCUT2D eigenvalue weighted by Crippen LogP contribution is -2.41.